The molecule has 0 spiro atoms. The Kier molecular flexibility index (Phi) is 55.4. The fraction of sp³-hybridized carbons (Fsp3) is 0.514. The number of hydrogen-bond acceptors (Lipinski definition) is 5. The van der Waals surface area contributed by atoms with Gasteiger partial charge in [-0.1, -0.05) is 102 Å². The molecule has 0 saturated carbocycles. The molecule has 3 atom stereocenters. The van der Waals surface area contributed by atoms with Crippen LogP contribution in [0.3, 0.4) is 0 Å². The summed E-state index contributed by atoms with van der Waals surface area (Å²) in [5.41, 5.74) is 6.87. The minimum atomic E-state index is -0.704. The van der Waals surface area contributed by atoms with E-state index in [4.69, 9.17) is 10.8 Å². The number of phenolic OH excluding ortho intramolecular Hbond substituents is 1. The molecule has 0 bridgehead atoms. The zero-order valence-corrected chi connectivity index (χ0v) is 28.9. The minimum Gasteiger partial charge on any atom is -0.508 e. The third kappa shape index (κ3) is 48.7. The molecule has 1 amide bonds. The van der Waals surface area contributed by atoms with Crippen molar-refractivity contribution in [1.82, 2.24) is 5.32 Å². The molecule has 1 aromatic rings. The van der Waals surface area contributed by atoms with Crippen LogP contribution in [0.1, 0.15) is 92.6 Å². The molecule has 0 radical (unpaired) electrons. The van der Waals surface area contributed by atoms with Gasteiger partial charge in [-0.3, -0.25) is 4.79 Å². The van der Waals surface area contributed by atoms with E-state index in [1.54, 1.807) is 31.3 Å². The number of aliphatic hydroxyl groups is 1. The highest BCUT2D eigenvalue weighted by Gasteiger charge is 2.16. The highest BCUT2D eigenvalue weighted by molar-refractivity contribution is 5.75. The average molecular weight is 603 g/mol. The number of terminal acetylenes is 1. The summed E-state index contributed by atoms with van der Waals surface area (Å²) in [6.45, 7) is 27.5. The number of primary amides is 1. The summed E-state index contributed by atoms with van der Waals surface area (Å²) in [5.74, 6) is 0.331. The van der Waals surface area contributed by atoms with E-state index in [-0.39, 0.29) is 18.4 Å². The second kappa shape index (κ2) is 45.6. The Bertz CT molecular complexity index is 778. The van der Waals surface area contributed by atoms with Gasteiger partial charge in [-0.2, -0.15) is 0 Å². The van der Waals surface area contributed by atoms with Crippen LogP contribution in [0.2, 0.25) is 0 Å². The van der Waals surface area contributed by atoms with Crippen LogP contribution >= 0.6 is 0 Å². The number of phenols is 1. The second-order valence-electron chi connectivity index (χ2n) is 8.83. The van der Waals surface area contributed by atoms with Gasteiger partial charge in [0, 0.05) is 5.92 Å². The van der Waals surface area contributed by atoms with Gasteiger partial charge < -0.3 is 26.1 Å². The molecule has 1 aromatic carbocycles. The van der Waals surface area contributed by atoms with Crippen molar-refractivity contribution in [3.8, 4) is 18.6 Å². The normalized spacial score (nSPS) is 10.8. The van der Waals surface area contributed by atoms with E-state index < -0.39 is 6.10 Å². The van der Waals surface area contributed by atoms with E-state index in [0.717, 1.165) is 37.5 Å². The molecule has 43 heavy (non-hydrogen) atoms. The molecule has 0 aliphatic rings. The van der Waals surface area contributed by atoms with Gasteiger partial charge in [-0.15, -0.1) is 26.0 Å². The first-order valence-corrected chi connectivity index (χ1v) is 15.2. The van der Waals surface area contributed by atoms with Gasteiger partial charge in [0.05, 0.1) is 12.6 Å². The largest absolute Gasteiger partial charge is 0.508 e. The number of amides is 1. The number of nitrogens with two attached hydrogens (primary N) is 1. The second-order valence-corrected chi connectivity index (χ2v) is 8.83. The van der Waals surface area contributed by atoms with Gasteiger partial charge in [0.2, 0.25) is 5.91 Å². The Balaban J connectivity index is -0.000000121. The summed E-state index contributed by atoms with van der Waals surface area (Å²) in [4.78, 5) is 20.8. The molecule has 0 fully saturated rings. The number of aliphatic hydroxyl groups excluding tert-OH is 1. The first-order valence-electron chi connectivity index (χ1n) is 15.2. The highest BCUT2D eigenvalue weighted by atomic mass is 16.3. The smallest absolute Gasteiger partial charge is 0.231 e. The van der Waals surface area contributed by atoms with Crippen molar-refractivity contribution in [2.24, 2.45) is 17.6 Å². The molecule has 0 aromatic heterocycles. The number of aryl methyl sites for hydroxylation is 1. The lowest BCUT2D eigenvalue weighted by Crippen LogP contribution is -2.25. The minimum absolute atomic E-state index is 0.264. The zero-order chi connectivity index (χ0) is 35.1. The summed E-state index contributed by atoms with van der Waals surface area (Å²) in [6, 6.07) is 7.09. The van der Waals surface area contributed by atoms with Crippen molar-refractivity contribution in [3.05, 3.63) is 79.4 Å². The summed E-state index contributed by atoms with van der Waals surface area (Å²) >= 11 is 0. The number of carbonyl (C=O) groups excluding carboxylic acids is 2. The molecular weight excluding hydrogens is 536 g/mol. The van der Waals surface area contributed by atoms with E-state index >= 15 is 0 Å². The van der Waals surface area contributed by atoms with Gasteiger partial charge in [-0.05, 0) is 71.0 Å². The maximum absolute atomic E-state index is 11.1. The molecule has 248 valence electrons. The van der Waals surface area contributed by atoms with Crippen LogP contribution in [0.4, 0.5) is 0 Å². The number of nitrogens with one attached hydrogen (secondary N) is 1. The van der Waals surface area contributed by atoms with E-state index in [0.29, 0.717) is 18.1 Å². The molecule has 5 N–H and O–H groups in total. The van der Waals surface area contributed by atoms with Crippen molar-refractivity contribution in [1.29, 1.82) is 0 Å². The number of aromatic hydroxyl groups is 1. The van der Waals surface area contributed by atoms with E-state index in [1.807, 2.05) is 65.8 Å². The molecule has 2 unspecified atom stereocenters. The highest BCUT2D eigenvalue weighted by Crippen LogP contribution is 2.18. The van der Waals surface area contributed by atoms with Crippen molar-refractivity contribution < 1.29 is 19.8 Å². The lowest BCUT2D eigenvalue weighted by Gasteiger charge is -2.15. The standard InChI is InChI=1S/C18H30O2.C7H8O.C3H8N2O.C3H6.2C2H6.C2H2/c1-5-7-10-16(4)13-17(14-19)18(20)12-9-8-11-15(3)6-2;1-6-2-4-7(8)5-3-6;1-5-2-3(4)6;1-3-2;3*1-2/h5,9,12,14-15,17-18,20H,1,4,6-8,10-11,13H2,2-3H3;2-5,8H,1H3;5H,2H2,1H3,(H2,4,6);3H,1H2,2H3;2*1-2H3;1-2H/b12-9+;;;;;;/t15?,17-,18?;;;;;;/m0....../s1. The molecule has 1 rings (SSSR count). The average Bonchev–Trinajstić information content (AvgIpc) is 3.02. The Morgan fingerprint density at radius 2 is 1.58 bits per heavy atom. The van der Waals surface area contributed by atoms with Gasteiger partial charge in [0.1, 0.15) is 12.0 Å². The van der Waals surface area contributed by atoms with Crippen LogP contribution in [0.15, 0.2) is 73.9 Å². The van der Waals surface area contributed by atoms with Crippen molar-refractivity contribution in [2.45, 2.75) is 100 Å². The molecule has 0 saturated heterocycles. The van der Waals surface area contributed by atoms with E-state index in [9.17, 15) is 14.7 Å². The number of rotatable bonds is 14. The molecule has 6 heteroatoms. The summed E-state index contributed by atoms with van der Waals surface area (Å²) in [5, 5.41) is 21.4. The van der Waals surface area contributed by atoms with Crippen molar-refractivity contribution in [3.63, 3.8) is 0 Å². The summed E-state index contributed by atoms with van der Waals surface area (Å²) in [6.07, 6.45) is 21.0. The molecule has 6 nitrogen and oxygen atoms in total. The SMILES string of the molecule is C#C.C=CC.C=CCCC(=C)C[C@@H](C=O)C(O)/C=C/CCC(C)CC.CC.CC.CNCC(N)=O.Cc1ccc(O)cc1. The summed E-state index contributed by atoms with van der Waals surface area (Å²) < 4.78 is 0. The van der Waals surface area contributed by atoms with Gasteiger partial charge in [-0.25, -0.2) is 0 Å². The zero-order valence-electron chi connectivity index (χ0n) is 28.9. The van der Waals surface area contributed by atoms with Crippen LogP contribution in [-0.4, -0.2) is 42.1 Å². The predicted octanol–water partition coefficient (Wildman–Crippen LogP) is 8.34. The van der Waals surface area contributed by atoms with Crippen LogP contribution in [0.25, 0.3) is 0 Å². The Labute approximate surface area is 266 Å². The van der Waals surface area contributed by atoms with Crippen LogP contribution in [0.5, 0.6) is 5.75 Å². The Morgan fingerprint density at radius 3 is 1.91 bits per heavy atom. The first kappa shape index (κ1) is 52.3. The van der Waals surface area contributed by atoms with Gasteiger partial charge >= 0.3 is 0 Å². The predicted molar refractivity (Wildman–Crippen MR) is 191 cm³/mol. The third-order valence-electron chi connectivity index (χ3n) is 5.08. The maximum atomic E-state index is 11.1. The number of carbonyl (C=O) groups is 2. The van der Waals surface area contributed by atoms with E-state index in [2.05, 4.69) is 51.7 Å². The summed E-state index contributed by atoms with van der Waals surface area (Å²) in [7, 11) is 1.67. The number of allylic oxidation sites excluding steroid dienone is 4. The topological polar surface area (TPSA) is 113 Å². The molecule has 0 aliphatic heterocycles. The van der Waals surface area contributed by atoms with Crippen molar-refractivity contribution in [2.75, 3.05) is 13.6 Å². The molecule has 0 heterocycles. The Morgan fingerprint density at radius 1 is 1.09 bits per heavy atom. The lowest BCUT2D eigenvalue weighted by molar-refractivity contribution is -0.117. The fourth-order valence-corrected chi connectivity index (χ4v) is 2.67. The van der Waals surface area contributed by atoms with Crippen LogP contribution in [0, 0.1) is 31.6 Å². The monoisotopic (exact) mass is 603 g/mol. The van der Waals surface area contributed by atoms with Gasteiger partial charge in [0.25, 0.3) is 0 Å². The molecule has 0 aliphatic carbocycles. The quantitative estimate of drug-likeness (QED) is 0.0971. The number of aldehydes is 1. The van der Waals surface area contributed by atoms with Gasteiger partial charge in [0.15, 0.2) is 0 Å². The van der Waals surface area contributed by atoms with Crippen molar-refractivity contribution >= 4 is 12.2 Å². The Hall–Kier alpha value is -3.40. The first-order chi connectivity index (χ1) is 20.5. The molecular formula is C37H66N2O4. The van der Waals surface area contributed by atoms with Crippen LogP contribution < -0.4 is 11.1 Å². The number of hydrogen-bond donors (Lipinski definition) is 4. The number of likely N-dealkylation sites (N-methyl/N-ethyl adjacent to an activating group) is 1. The fourth-order valence-electron chi connectivity index (χ4n) is 2.67. The lowest BCUT2D eigenvalue weighted by atomic mass is 9.93. The number of benzene rings is 1. The van der Waals surface area contributed by atoms with Crippen LogP contribution in [-0.2, 0) is 9.59 Å². The third-order valence-corrected chi connectivity index (χ3v) is 5.08. The maximum Gasteiger partial charge on any atom is 0.231 e. The van der Waals surface area contributed by atoms with E-state index in [1.165, 1.54) is 12.0 Å².